The molecule has 1 heterocycles. The SMILES string of the molecule is CCn1nc(C2CC2)cc1S(=O)(=O)NC1(Cc2ccc(Cl)cc2Cl)CCC1. The van der Waals surface area contributed by atoms with Crippen molar-refractivity contribution in [1.82, 2.24) is 14.5 Å². The molecule has 2 fully saturated rings. The highest BCUT2D eigenvalue weighted by atomic mass is 35.5. The van der Waals surface area contributed by atoms with Gasteiger partial charge in [0.05, 0.1) is 5.69 Å². The molecule has 0 unspecified atom stereocenters. The molecule has 2 aliphatic carbocycles. The Morgan fingerprint density at radius 3 is 2.56 bits per heavy atom. The van der Waals surface area contributed by atoms with Crippen LogP contribution in [0.15, 0.2) is 29.3 Å². The predicted molar refractivity (Wildman–Crippen MR) is 107 cm³/mol. The van der Waals surface area contributed by atoms with Gasteiger partial charge in [0.1, 0.15) is 0 Å². The minimum atomic E-state index is -3.67. The van der Waals surface area contributed by atoms with E-state index in [-0.39, 0.29) is 5.03 Å². The van der Waals surface area contributed by atoms with E-state index in [9.17, 15) is 8.42 Å². The van der Waals surface area contributed by atoms with Gasteiger partial charge in [-0.15, -0.1) is 0 Å². The van der Waals surface area contributed by atoms with Crippen LogP contribution in [0.5, 0.6) is 0 Å². The first-order valence-electron chi connectivity index (χ1n) is 9.37. The maximum absolute atomic E-state index is 13.2. The molecule has 27 heavy (non-hydrogen) atoms. The minimum absolute atomic E-state index is 0.264. The Balaban J connectivity index is 1.60. The molecular weight excluding hydrogens is 405 g/mol. The second-order valence-corrected chi connectivity index (χ2v) is 10.1. The number of hydrogen-bond donors (Lipinski definition) is 1. The van der Waals surface area contributed by atoms with Crippen molar-refractivity contribution in [2.24, 2.45) is 0 Å². The summed E-state index contributed by atoms with van der Waals surface area (Å²) in [4.78, 5) is 0. The van der Waals surface area contributed by atoms with Crippen LogP contribution in [0.2, 0.25) is 10.0 Å². The summed E-state index contributed by atoms with van der Waals surface area (Å²) in [6.45, 7) is 2.44. The third-order valence-corrected chi connectivity index (χ3v) is 7.71. The second-order valence-electron chi connectivity index (χ2n) is 7.65. The number of benzene rings is 1. The Kier molecular flexibility index (Phi) is 5.04. The van der Waals surface area contributed by atoms with E-state index in [0.717, 1.165) is 43.4 Å². The summed E-state index contributed by atoms with van der Waals surface area (Å²) in [5.41, 5.74) is 1.30. The fourth-order valence-corrected chi connectivity index (χ4v) is 5.87. The molecule has 0 bridgehead atoms. The average Bonchev–Trinajstić information content (AvgIpc) is 3.33. The molecule has 1 aromatic heterocycles. The van der Waals surface area contributed by atoms with E-state index in [1.807, 2.05) is 13.0 Å². The van der Waals surface area contributed by atoms with Crippen molar-refractivity contribution in [3.05, 3.63) is 45.6 Å². The largest absolute Gasteiger partial charge is 0.258 e. The molecule has 2 saturated carbocycles. The van der Waals surface area contributed by atoms with Gasteiger partial charge in [-0.05, 0) is 63.1 Å². The van der Waals surface area contributed by atoms with Gasteiger partial charge in [0, 0.05) is 34.1 Å². The van der Waals surface area contributed by atoms with Crippen LogP contribution < -0.4 is 4.72 Å². The van der Waals surface area contributed by atoms with Crippen LogP contribution >= 0.6 is 23.2 Å². The van der Waals surface area contributed by atoms with Crippen LogP contribution in [-0.2, 0) is 23.0 Å². The number of hydrogen-bond acceptors (Lipinski definition) is 3. The molecule has 0 saturated heterocycles. The Labute approximate surface area is 170 Å². The first-order chi connectivity index (χ1) is 12.8. The second kappa shape index (κ2) is 7.07. The fraction of sp³-hybridized carbons (Fsp3) is 0.526. The Morgan fingerprint density at radius 2 is 2.00 bits per heavy atom. The lowest BCUT2D eigenvalue weighted by molar-refractivity contribution is 0.219. The Morgan fingerprint density at radius 1 is 1.26 bits per heavy atom. The molecule has 8 heteroatoms. The molecule has 2 aliphatic rings. The van der Waals surface area contributed by atoms with Crippen LogP contribution in [0, 0.1) is 0 Å². The maximum atomic E-state index is 13.2. The first-order valence-corrected chi connectivity index (χ1v) is 11.6. The van der Waals surface area contributed by atoms with Crippen molar-refractivity contribution in [2.75, 3.05) is 0 Å². The van der Waals surface area contributed by atoms with Crippen LogP contribution in [0.1, 0.15) is 56.2 Å². The monoisotopic (exact) mass is 427 g/mol. The average molecular weight is 428 g/mol. The van der Waals surface area contributed by atoms with Gasteiger partial charge in [-0.3, -0.25) is 4.68 Å². The number of nitrogens with one attached hydrogen (secondary N) is 1. The van der Waals surface area contributed by atoms with Gasteiger partial charge >= 0.3 is 0 Å². The van der Waals surface area contributed by atoms with E-state index in [4.69, 9.17) is 23.2 Å². The van der Waals surface area contributed by atoms with E-state index in [2.05, 4.69) is 9.82 Å². The van der Waals surface area contributed by atoms with Gasteiger partial charge in [0.2, 0.25) is 0 Å². The third-order valence-electron chi connectivity index (χ3n) is 5.54. The molecule has 5 nitrogen and oxygen atoms in total. The van der Waals surface area contributed by atoms with Gasteiger partial charge in [0.15, 0.2) is 5.03 Å². The third kappa shape index (κ3) is 3.90. The van der Waals surface area contributed by atoms with Crippen molar-refractivity contribution < 1.29 is 8.42 Å². The zero-order chi connectivity index (χ0) is 19.2. The van der Waals surface area contributed by atoms with Gasteiger partial charge < -0.3 is 0 Å². The van der Waals surface area contributed by atoms with E-state index in [0.29, 0.717) is 28.9 Å². The number of sulfonamides is 1. The minimum Gasteiger partial charge on any atom is -0.253 e. The molecule has 146 valence electrons. The van der Waals surface area contributed by atoms with Gasteiger partial charge in [-0.25, -0.2) is 13.1 Å². The molecule has 0 aliphatic heterocycles. The Hall–Kier alpha value is -1.08. The zero-order valence-corrected chi connectivity index (χ0v) is 17.5. The number of halogens is 2. The molecule has 2 aromatic rings. The molecule has 0 radical (unpaired) electrons. The number of aryl methyl sites for hydroxylation is 1. The molecule has 0 amide bonds. The fourth-order valence-electron chi connectivity index (χ4n) is 3.73. The van der Waals surface area contributed by atoms with Crippen LogP contribution in [0.4, 0.5) is 0 Å². The highest BCUT2D eigenvalue weighted by Crippen LogP contribution is 2.41. The molecule has 1 N–H and O–H groups in total. The normalized spacial score (nSPS) is 19.1. The Bertz CT molecular complexity index is 963. The maximum Gasteiger partial charge on any atom is 0.258 e. The van der Waals surface area contributed by atoms with Gasteiger partial charge in [-0.1, -0.05) is 29.3 Å². The zero-order valence-electron chi connectivity index (χ0n) is 15.2. The quantitative estimate of drug-likeness (QED) is 0.705. The van der Waals surface area contributed by atoms with Crippen molar-refractivity contribution >= 4 is 33.2 Å². The topological polar surface area (TPSA) is 64.0 Å². The summed E-state index contributed by atoms with van der Waals surface area (Å²) >= 11 is 12.3. The molecule has 0 atom stereocenters. The molecule has 4 rings (SSSR count). The molecule has 1 aromatic carbocycles. The highest BCUT2D eigenvalue weighted by Gasteiger charge is 2.42. The molecular formula is C19H23Cl2N3O2S. The summed E-state index contributed by atoms with van der Waals surface area (Å²) in [6, 6.07) is 7.11. The van der Waals surface area contributed by atoms with E-state index < -0.39 is 15.6 Å². The van der Waals surface area contributed by atoms with Gasteiger partial charge in [-0.2, -0.15) is 5.10 Å². The number of aromatic nitrogens is 2. The first kappa shape index (κ1) is 19.2. The van der Waals surface area contributed by atoms with Crippen molar-refractivity contribution in [1.29, 1.82) is 0 Å². The lowest BCUT2D eigenvalue weighted by atomic mass is 9.74. The van der Waals surface area contributed by atoms with Crippen LogP contribution in [-0.4, -0.2) is 23.7 Å². The smallest absolute Gasteiger partial charge is 0.253 e. The molecule has 0 spiro atoms. The highest BCUT2D eigenvalue weighted by molar-refractivity contribution is 7.89. The summed E-state index contributed by atoms with van der Waals surface area (Å²) in [7, 11) is -3.67. The lowest BCUT2D eigenvalue weighted by Gasteiger charge is -2.42. The summed E-state index contributed by atoms with van der Waals surface area (Å²) in [6.07, 6.45) is 5.31. The number of nitrogens with zero attached hydrogens (tertiary/aromatic N) is 2. The van der Waals surface area contributed by atoms with Crippen molar-refractivity contribution in [2.45, 2.75) is 68.5 Å². The summed E-state index contributed by atoms with van der Waals surface area (Å²) in [5, 5.41) is 5.91. The number of rotatable bonds is 7. The van der Waals surface area contributed by atoms with Crippen molar-refractivity contribution in [3.63, 3.8) is 0 Å². The van der Waals surface area contributed by atoms with E-state index in [1.54, 1.807) is 22.9 Å². The van der Waals surface area contributed by atoms with E-state index >= 15 is 0 Å². The van der Waals surface area contributed by atoms with Crippen LogP contribution in [0.25, 0.3) is 0 Å². The lowest BCUT2D eigenvalue weighted by Crippen LogP contribution is -2.55. The summed E-state index contributed by atoms with van der Waals surface area (Å²) < 4.78 is 30.9. The van der Waals surface area contributed by atoms with Crippen LogP contribution in [0.3, 0.4) is 0 Å². The van der Waals surface area contributed by atoms with Crippen molar-refractivity contribution in [3.8, 4) is 0 Å². The standard InChI is InChI=1S/C19H23Cl2N3O2S/c1-2-24-18(11-17(22-24)13-4-5-13)27(25,26)23-19(8-3-9-19)12-14-6-7-15(20)10-16(14)21/h6-7,10-11,13,23H,2-5,8-9,12H2,1H3. The van der Waals surface area contributed by atoms with E-state index in [1.165, 1.54) is 0 Å². The van der Waals surface area contributed by atoms with Gasteiger partial charge in [0.25, 0.3) is 10.0 Å². The predicted octanol–water partition coefficient (Wildman–Crippen LogP) is 4.53. The summed E-state index contributed by atoms with van der Waals surface area (Å²) in [5.74, 6) is 0.414.